The van der Waals surface area contributed by atoms with Crippen molar-refractivity contribution in [3.05, 3.63) is 0 Å². The molecule has 0 saturated heterocycles. The van der Waals surface area contributed by atoms with Gasteiger partial charge >= 0.3 is 39.5 Å². The van der Waals surface area contributed by atoms with Gasteiger partial charge in [0.25, 0.3) is 0 Å². The van der Waals surface area contributed by atoms with E-state index in [-0.39, 0.29) is 25.7 Å². The second kappa shape index (κ2) is 62.8. The van der Waals surface area contributed by atoms with Crippen molar-refractivity contribution in [1.29, 1.82) is 0 Å². The van der Waals surface area contributed by atoms with Gasteiger partial charge in [-0.25, -0.2) is 9.13 Å². The summed E-state index contributed by atoms with van der Waals surface area (Å²) in [4.78, 5) is 72.6. The van der Waals surface area contributed by atoms with Crippen molar-refractivity contribution in [3.8, 4) is 0 Å². The molecule has 0 spiro atoms. The van der Waals surface area contributed by atoms with Crippen LogP contribution in [0.25, 0.3) is 0 Å². The second-order valence-corrected chi connectivity index (χ2v) is 30.1. The molecule has 91 heavy (non-hydrogen) atoms. The van der Waals surface area contributed by atoms with E-state index in [2.05, 4.69) is 48.5 Å². The van der Waals surface area contributed by atoms with Crippen LogP contribution < -0.4 is 0 Å². The molecule has 0 aromatic carbocycles. The first kappa shape index (κ1) is 89.1. The summed E-state index contributed by atoms with van der Waals surface area (Å²) in [5, 5.41) is 10.6. The van der Waals surface area contributed by atoms with Gasteiger partial charge in [0, 0.05) is 25.7 Å². The SMILES string of the molecule is CCCCCCCCCCCCCCCCCCC(=O)O[C@H](COC(=O)CCCCCCCCCCCCC(C)CC)COP(=O)(O)OC[C@@H](O)COP(=O)(O)OC[C@@H](COC(=O)CCCCCCCCC(C)C)OC(=O)CCCCCCCCCCCC(C)C. The molecule has 6 atom stereocenters. The maximum absolute atomic E-state index is 13.0. The van der Waals surface area contributed by atoms with Crippen LogP contribution in [0.5, 0.6) is 0 Å². The van der Waals surface area contributed by atoms with Crippen LogP contribution in [0.3, 0.4) is 0 Å². The van der Waals surface area contributed by atoms with E-state index in [0.29, 0.717) is 31.6 Å². The van der Waals surface area contributed by atoms with E-state index in [4.69, 9.17) is 37.0 Å². The zero-order valence-electron chi connectivity index (χ0n) is 59.3. The van der Waals surface area contributed by atoms with Crippen LogP contribution in [0.4, 0.5) is 0 Å². The molecule has 0 aliphatic rings. The van der Waals surface area contributed by atoms with Crippen LogP contribution >= 0.6 is 15.6 Å². The molecular weight excluding hydrogens is 1200 g/mol. The highest BCUT2D eigenvalue weighted by atomic mass is 31.2. The minimum Gasteiger partial charge on any atom is -0.462 e. The lowest BCUT2D eigenvalue weighted by atomic mass is 9.99. The summed E-state index contributed by atoms with van der Waals surface area (Å²) < 4.78 is 68.3. The first-order valence-corrected chi connectivity index (χ1v) is 40.4. The summed E-state index contributed by atoms with van der Waals surface area (Å²) in [5.74, 6) is 0.100. The first-order chi connectivity index (χ1) is 43.8. The van der Waals surface area contributed by atoms with Crippen molar-refractivity contribution in [2.45, 2.75) is 381 Å². The number of hydrogen-bond acceptors (Lipinski definition) is 15. The van der Waals surface area contributed by atoms with Crippen molar-refractivity contribution in [3.63, 3.8) is 0 Å². The summed E-state index contributed by atoms with van der Waals surface area (Å²) in [7, 11) is -9.90. The maximum atomic E-state index is 13.0. The van der Waals surface area contributed by atoms with Crippen LogP contribution in [-0.4, -0.2) is 96.7 Å². The van der Waals surface area contributed by atoms with E-state index in [9.17, 15) is 43.2 Å². The van der Waals surface area contributed by atoms with Gasteiger partial charge in [-0.15, -0.1) is 0 Å². The number of esters is 4. The highest BCUT2D eigenvalue weighted by Crippen LogP contribution is 2.45. The molecule has 0 aromatic heterocycles. The van der Waals surface area contributed by atoms with Gasteiger partial charge in [0.15, 0.2) is 12.2 Å². The predicted molar refractivity (Wildman–Crippen MR) is 368 cm³/mol. The molecular formula is C72H140O17P2. The van der Waals surface area contributed by atoms with Gasteiger partial charge in [0.1, 0.15) is 19.3 Å². The largest absolute Gasteiger partial charge is 0.472 e. The van der Waals surface area contributed by atoms with Gasteiger partial charge in [-0.3, -0.25) is 37.3 Å². The normalized spacial score (nSPS) is 14.5. The molecule has 3 unspecified atom stereocenters. The van der Waals surface area contributed by atoms with Gasteiger partial charge in [-0.2, -0.15) is 0 Å². The Kier molecular flexibility index (Phi) is 61.5. The molecule has 540 valence electrons. The Morgan fingerprint density at radius 3 is 0.835 bits per heavy atom. The molecule has 0 rings (SSSR count). The van der Waals surface area contributed by atoms with E-state index in [0.717, 1.165) is 108 Å². The van der Waals surface area contributed by atoms with Crippen molar-refractivity contribution in [2.24, 2.45) is 17.8 Å². The molecule has 3 N–H and O–H groups in total. The van der Waals surface area contributed by atoms with E-state index < -0.39 is 97.5 Å². The summed E-state index contributed by atoms with van der Waals surface area (Å²) in [6.45, 7) is 11.8. The summed E-state index contributed by atoms with van der Waals surface area (Å²) >= 11 is 0. The maximum Gasteiger partial charge on any atom is 0.472 e. The predicted octanol–water partition coefficient (Wildman–Crippen LogP) is 20.6. The monoisotopic (exact) mass is 1340 g/mol. The molecule has 0 aliphatic carbocycles. The molecule has 19 heteroatoms. The third-order valence-corrected chi connectivity index (χ3v) is 18.9. The molecule has 0 aliphatic heterocycles. The minimum absolute atomic E-state index is 0.104. The highest BCUT2D eigenvalue weighted by molar-refractivity contribution is 7.47. The van der Waals surface area contributed by atoms with E-state index in [1.807, 2.05) is 0 Å². The number of carbonyl (C=O) groups excluding carboxylic acids is 4. The smallest absolute Gasteiger partial charge is 0.462 e. The van der Waals surface area contributed by atoms with Gasteiger partial charge in [0.2, 0.25) is 0 Å². The molecule has 0 saturated carbocycles. The Balaban J connectivity index is 5.25. The third kappa shape index (κ3) is 65.1. The zero-order valence-corrected chi connectivity index (χ0v) is 61.1. The summed E-state index contributed by atoms with van der Waals surface area (Å²) in [6, 6.07) is 0. The van der Waals surface area contributed by atoms with Crippen molar-refractivity contribution < 1.29 is 80.2 Å². The standard InChI is InChI=1S/C72H140O17P2/c1-8-10-11-12-13-14-15-16-17-18-19-20-27-32-41-48-55-71(76)88-67(59-82-69(74)53-46-39-31-26-22-21-25-30-38-45-52-65(7)9-2)61-86-90(78,79)84-57-66(73)58-85-91(80,81)87-62-68(60-83-70(75)54-47-40-35-34-37-44-51-64(5)6)89-72(77)56-49-42-33-28-23-24-29-36-43-50-63(3)4/h63-68,73H,8-62H2,1-7H3,(H,78,79)(H,80,81)/t65?,66-,67-,68-/m1/s1. The average Bonchev–Trinajstić information content (AvgIpc) is 2.19. The molecule has 0 heterocycles. The molecule has 0 bridgehead atoms. The summed E-state index contributed by atoms with van der Waals surface area (Å²) in [5.41, 5.74) is 0. The second-order valence-electron chi connectivity index (χ2n) is 27.2. The Morgan fingerprint density at radius 1 is 0.319 bits per heavy atom. The number of unbranched alkanes of at least 4 members (excludes halogenated alkanes) is 37. The van der Waals surface area contributed by atoms with Crippen LogP contribution in [0.1, 0.15) is 363 Å². The van der Waals surface area contributed by atoms with Crippen molar-refractivity contribution in [1.82, 2.24) is 0 Å². The Morgan fingerprint density at radius 2 is 0.560 bits per heavy atom. The third-order valence-electron chi connectivity index (χ3n) is 17.0. The average molecular weight is 1340 g/mol. The van der Waals surface area contributed by atoms with Gasteiger partial charge in [0.05, 0.1) is 26.4 Å². The number of phosphoric acid groups is 2. The van der Waals surface area contributed by atoms with Crippen molar-refractivity contribution in [2.75, 3.05) is 39.6 Å². The molecule has 0 amide bonds. The fourth-order valence-corrected chi connectivity index (χ4v) is 12.4. The Labute approximate surface area is 556 Å². The van der Waals surface area contributed by atoms with Gasteiger partial charge in [-0.05, 0) is 43.4 Å². The van der Waals surface area contributed by atoms with E-state index in [1.165, 1.54) is 167 Å². The van der Waals surface area contributed by atoms with Crippen LogP contribution in [-0.2, 0) is 65.4 Å². The van der Waals surface area contributed by atoms with Crippen molar-refractivity contribution >= 4 is 39.5 Å². The van der Waals surface area contributed by atoms with E-state index >= 15 is 0 Å². The lowest BCUT2D eigenvalue weighted by Crippen LogP contribution is -2.30. The Bertz CT molecular complexity index is 1790. The highest BCUT2D eigenvalue weighted by Gasteiger charge is 2.30. The first-order valence-electron chi connectivity index (χ1n) is 37.4. The van der Waals surface area contributed by atoms with E-state index in [1.54, 1.807) is 0 Å². The zero-order chi connectivity index (χ0) is 67.3. The number of aliphatic hydroxyl groups excluding tert-OH is 1. The number of carbonyl (C=O) groups is 4. The number of ether oxygens (including phenoxy) is 4. The van der Waals surface area contributed by atoms with Crippen LogP contribution in [0, 0.1) is 17.8 Å². The lowest BCUT2D eigenvalue weighted by Gasteiger charge is -2.21. The number of rotatable bonds is 70. The number of phosphoric ester groups is 2. The summed E-state index contributed by atoms with van der Waals surface area (Å²) in [6.07, 6.45) is 47.3. The molecule has 17 nitrogen and oxygen atoms in total. The lowest BCUT2D eigenvalue weighted by molar-refractivity contribution is -0.161. The fourth-order valence-electron chi connectivity index (χ4n) is 10.9. The number of aliphatic hydroxyl groups is 1. The molecule has 0 fully saturated rings. The molecule has 0 aromatic rings. The molecule has 0 radical (unpaired) electrons. The fraction of sp³-hybridized carbons (Fsp3) is 0.944. The van der Waals surface area contributed by atoms with Gasteiger partial charge in [-0.1, -0.05) is 312 Å². The topological polar surface area (TPSA) is 237 Å². The number of hydrogen-bond donors (Lipinski definition) is 3. The van der Waals surface area contributed by atoms with Gasteiger partial charge < -0.3 is 33.8 Å². The minimum atomic E-state index is -4.95. The van der Waals surface area contributed by atoms with Crippen LogP contribution in [0.15, 0.2) is 0 Å². The van der Waals surface area contributed by atoms with Crippen LogP contribution in [0.2, 0.25) is 0 Å². The Hall–Kier alpha value is -1.94. The quantitative estimate of drug-likeness (QED) is 0.0222.